The summed E-state index contributed by atoms with van der Waals surface area (Å²) in [5, 5.41) is 0. The highest BCUT2D eigenvalue weighted by atomic mass is 35.5. The van der Waals surface area contributed by atoms with Crippen molar-refractivity contribution in [2.75, 3.05) is 24.6 Å². The van der Waals surface area contributed by atoms with E-state index in [9.17, 15) is 16.8 Å². The van der Waals surface area contributed by atoms with Crippen LogP contribution < -0.4 is 15.2 Å². The summed E-state index contributed by atoms with van der Waals surface area (Å²) in [5.74, 6) is -0.367. The third-order valence-corrected chi connectivity index (χ3v) is 5.85. The van der Waals surface area contributed by atoms with Gasteiger partial charge in [-0.15, -0.1) is 12.4 Å². The summed E-state index contributed by atoms with van der Waals surface area (Å²) >= 11 is 0. The molecule has 0 aromatic rings. The number of halogens is 1. The zero-order valence-electron chi connectivity index (χ0n) is 12.2. The van der Waals surface area contributed by atoms with Crippen molar-refractivity contribution in [3.63, 3.8) is 0 Å². The summed E-state index contributed by atoms with van der Waals surface area (Å²) in [7, 11) is -6.88. The van der Waals surface area contributed by atoms with E-state index in [0.29, 0.717) is 12.8 Å². The highest BCUT2D eigenvalue weighted by Crippen LogP contribution is 2.09. The van der Waals surface area contributed by atoms with Gasteiger partial charge in [0.05, 0.1) is 11.5 Å². The fraction of sp³-hybridized carbons (Fsp3) is 1.00. The van der Waals surface area contributed by atoms with E-state index in [2.05, 4.69) is 9.44 Å². The van der Waals surface area contributed by atoms with Gasteiger partial charge in [0.15, 0.2) is 0 Å². The van der Waals surface area contributed by atoms with Crippen LogP contribution in [-0.4, -0.2) is 47.0 Å². The van der Waals surface area contributed by atoms with Crippen molar-refractivity contribution in [1.29, 1.82) is 0 Å². The van der Waals surface area contributed by atoms with E-state index >= 15 is 0 Å². The molecule has 0 radical (unpaired) electrons. The van der Waals surface area contributed by atoms with Crippen LogP contribution in [0.4, 0.5) is 0 Å². The molecular weight excluding hydrogens is 326 g/mol. The Bertz CT molecular complexity index is 461. The van der Waals surface area contributed by atoms with Gasteiger partial charge in [-0.2, -0.15) is 0 Å². The topological polar surface area (TPSA) is 118 Å². The molecule has 0 unspecified atom stereocenters. The van der Waals surface area contributed by atoms with Crippen LogP contribution in [0.1, 0.15) is 33.6 Å². The van der Waals surface area contributed by atoms with E-state index in [1.54, 1.807) is 0 Å². The van der Waals surface area contributed by atoms with E-state index in [0.717, 1.165) is 0 Å². The molecule has 0 rings (SSSR count). The fourth-order valence-electron chi connectivity index (χ4n) is 1.26. The first-order valence-corrected chi connectivity index (χ1v) is 9.63. The standard InChI is InChI=1S/C10H25N3O4S2.ClH/c1-4-10(11,5-2)9-13-19(16,17)8-7-12-18(14,15)6-3;/h12-13H,4-9,11H2,1-3H3;1H. The maximum absolute atomic E-state index is 11.7. The van der Waals surface area contributed by atoms with Gasteiger partial charge < -0.3 is 5.73 Å². The molecule has 0 bridgehead atoms. The molecule has 0 spiro atoms. The minimum atomic E-state index is -3.52. The zero-order valence-corrected chi connectivity index (χ0v) is 14.6. The molecule has 7 nitrogen and oxygen atoms in total. The van der Waals surface area contributed by atoms with Gasteiger partial charge in [-0.3, -0.25) is 0 Å². The van der Waals surface area contributed by atoms with E-state index < -0.39 is 25.6 Å². The van der Waals surface area contributed by atoms with Crippen LogP contribution in [0.3, 0.4) is 0 Å². The molecule has 4 N–H and O–H groups in total. The maximum Gasteiger partial charge on any atom is 0.212 e. The minimum absolute atomic E-state index is 0. The summed E-state index contributed by atoms with van der Waals surface area (Å²) in [6.45, 7) is 5.30. The summed E-state index contributed by atoms with van der Waals surface area (Å²) in [5.41, 5.74) is 5.43. The van der Waals surface area contributed by atoms with Crippen LogP contribution in [0.5, 0.6) is 0 Å². The number of hydrogen-bond donors (Lipinski definition) is 3. The van der Waals surface area contributed by atoms with Crippen molar-refractivity contribution in [2.24, 2.45) is 5.73 Å². The Morgan fingerprint density at radius 1 is 0.950 bits per heavy atom. The van der Waals surface area contributed by atoms with Gasteiger partial charge in [0, 0.05) is 18.6 Å². The van der Waals surface area contributed by atoms with Crippen LogP contribution in [0, 0.1) is 0 Å². The Kier molecular flexibility index (Phi) is 10.2. The predicted octanol–water partition coefficient (Wildman–Crippen LogP) is -0.216. The molecule has 0 saturated heterocycles. The lowest BCUT2D eigenvalue weighted by Crippen LogP contribution is -2.50. The molecule has 20 heavy (non-hydrogen) atoms. The van der Waals surface area contributed by atoms with E-state index in [4.69, 9.17) is 5.73 Å². The van der Waals surface area contributed by atoms with Crippen molar-refractivity contribution in [2.45, 2.75) is 39.2 Å². The number of rotatable bonds is 10. The Hall–Kier alpha value is 0.0700. The first kappa shape index (κ1) is 22.4. The first-order chi connectivity index (χ1) is 8.60. The first-order valence-electron chi connectivity index (χ1n) is 6.33. The second-order valence-corrected chi connectivity index (χ2v) is 8.53. The number of nitrogens with one attached hydrogen (secondary N) is 2. The molecule has 0 aromatic carbocycles. The van der Waals surface area contributed by atoms with Crippen molar-refractivity contribution in [3.8, 4) is 0 Å². The van der Waals surface area contributed by atoms with E-state index in [-0.39, 0.29) is 37.0 Å². The lowest BCUT2D eigenvalue weighted by atomic mass is 9.95. The lowest BCUT2D eigenvalue weighted by Gasteiger charge is -2.26. The van der Waals surface area contributed by atoms with Crippen molar-refractivity contribution < 1.29 is 16.8 Å². The van der Waals surface area contributed by atoms with E-state index in [1.807, 2.05) is 13.8 Å². The van der Waals surface area contributed by atoms with Crippen molar-refractivity contribution in [1.82, 2.24) is 9.44 Å². The van der Waals surface area contributed by atoms with Gasteiger partial charge in [0.25, 0.3) is 0 Å². The molecule has 0 aliphatic carbocycles. The Labute approximate surface area is 128 Å². The van der Waals surface area contributed by atoms with Crippen LogP contribution in [0.15, 0.2) is 0 Å². The smallest absolute Gasteiger partial charge is 0.212 e. The van der Waals surface area contributed by atoms with Gasteiger partial charge >= 0.3 is 0 Å². The molecule has 0 amide bonds. The summed E-state index contributed by atoms with van der Waals surface area (Å²) in [6.07, 6.45) is 1.32. The normalized spacial score (nSPS) is 13.0. The SMILES string of the molecule is CCC(N)(CC)CNS(=O)(=O)CCNS(=O)(=O)CC.Cl. The molecular formula is C10H26ClN3O4S2. The lowest BCUT2D eigenvalue weighted by molar-refractivity contribution is 0.392. The van der Waals surface area contributed by atoms with Crippen LogP contribution in [0.25, 0.3) is 0 Å². The van der Waals surface area contributed by atoms with Gasteiger partial charge in [-0.25, -0.2) is 26.3 Å². The van der Waals surface area contributed by atoms with Crippen LogP contribution in [0.2, 0.25) is 0 Å². The third-order valence-electron chi connectivity index (χ3n) is 3.13. The molecule has 0 fully saturated rings. The number of hydrogen-bond acceptors (Lipinski definition) is 5. The Morgan fingerprint density at radius 2 is 1.45 bits per heavy atom. The van der Waals surface area contributed by atoms with Crippen molar-refractivity contribution >= 4 is 32.5 Å². The predicted molar refractivity (Wildman–Crippen MR) is 84.0 cm³/mol. The maximum atomic E-state index is 11.7. The van der Waals surface area contributed by atoms with Gasteiger partial charge in [0.1, 0.15) is 0 Å². The van der Waals surface area contributed by atoms with Crippen LogP contribution in [-0.2, 0) is 20.0 Å². The second kappa shape index (κ2) is 9.16. The molecule has 10 heteroatoms. The summed E-state index contributed by atoms with van der Waals surface area (Å²) in [4.78, 5) is 0. The van der Waals surface area contributed by atoms with E-state index in [1.165, 1.54) is 6.92 Å². The molecule has 0 aromatic heterocycles. The Balaban J connectivity index is 0. The molecule has 0 aliphatic heterocycles. The zero-order chi connectivity index (χ0) is 15.2. The molecule has 0 atom stereocenters. The van der Waals surface area contributed by atoms with Gasteiger partial charge in [0.2, 0.25) is 20.0 Å². The number of sulfonamides is 2. The quantitative estimate of drug-likeness (QED) is 0.503. The average Bonchev–Trinajstić information content (AvgIpc) is 2.35. The summed E-state index contributed by atoms with van der Waals surface area (Å²) in [6, 6.07) is 0. The fourth-order valence-corrected chi connectivity index (χ4v) is 3.03. The summed E-state index contributed by atoms with van der Waals surface area (Å²) < 4.78 is 50.3. The minimum Gasteiger partial charge on any atom is -0.324 e. The van der Waals surface area contributed by atoms with Gasteiger partial charge in [-0.1, -0.05) is 13.8 Å². The number of nitrogens with two attached hydrogens (primary N) is 1. The second-order valence-electron chi connectivity index (χ2n) is 4.51. The largest absolute Gasteiger partial charge is 0.324 e. The monoisotopic (exact) mass is 351 g/mol. The average molecular weight is 352 g/mol. The van der Waals surface area contributed by atoms with Crippen LogP contribution >= 0.6 is 12.4 Å². The molecule has 0 heterocycles. The highest BCUT2D eigenvalue weighted by molar-refractivity contribution is 7.90. The third kappa shape index (κ3) is 9.09. The van der Waals surface area contributed by atoms with Gasteiger partial charge in [-0.05, 0) is 19.8 Å². The molecule has 124 valence electrons. The van der Waals surface area contributed by atoms with Crippen molar-refractivity contribution in [3.05, 3.63) is 0 Å². The molecule has 0 aliphatic rings. The molecule has 0 saturated carbocycles. The Morgan fingerprint density at radius 3 is 1.85 bits per heavy atom. The highest BCUT2D eigenvalue weighted by Gasteiger charge is 2.23.